The Hall–Kier alpha value is -2.93. The third kappa shape index (κ3) is 3.71. The topological polar surface area (TPSA) is 133 Å². The van der Waals surface area contributed by atoms with E-state index in [0.29, 0.717) is 22.2 Å². The number of hydrogen-bond acceptors (Lipinski definition) is 6. The van der Waals surface area contributed by atoms with Crippen molar-refractivity contribution in [1.29, 1.82) is 10.5 Å². The number of fused-ring (bicyclic) bond motifs is 1. The average Bonchev–Trinajstić information content (AvgIpc) is 3.12. The second kappa shape index (κ2) is 8.84. The van der Waals surface area contributed by atoms with Crippen molar-refractivity contribution in [2.24, 2.45) is 5.73 Å². The molecule has 0 aliphatic heterocycles. The third-order valence-corrected chi connectivity index (χ3v) is 6.70. The number of aldehydes is 1. The maximum atomic E-state index is 13.8. The van der Waals surface area contributed by atoms with Crippen molar-refractivity contribution >= 4 is 46.8 Å². The minimum atomic E-state index is -3.78. The number of halogens is 1. The number of H-pyrrole nitrogens is 1. The highest BCUT2D eigenvalue weighted by atomic mass is 35.5. The molecule has 0 bridgehead atoms. The van der Waals surface area contributed by atoms with Gasteiger partial charge in [0.15, 0.2) is 6.29 Å². The zero-order valence-corrected chi connectivity index (χ0v) is 16.7. The molecule has 1 heterocycles. The molecule has 0 aliphatic rings. The Morgan fingerprint density at radius 2 is 1.75 bits per heavy atom. The molecule has 0 saturated carbocycles. The summed E-state index contributed by atoms with van der Waals surface area (Å²) in [4.78, 5) is 14.5. The smallest absolute Gasteiger partial charge is 0.263 e. The van der Waals surface area contributed by atoms with Crippen LogP contribution >= 0.6 is 19.0 Å². The van der Waals surface area contributed by atoms with Gasteiger partial charge in [-0.25, -0.2) is 0 Å². The Morgan fingerprint density at radius 3 is 2.25 bits per heavy atom. The van der Waals surface area contributed by atoms with Gasteiger partial charge in [0.05, 0.1) is 34.3 Å². The summed E-state index contributed by atoms with van der Waals surface area (Å²) >= 11 is 6.06. The van der Waals surface area contributed by atoms with Crippen molar-refractivity contribution in [2.75, 3.05) is 14.2 Å². The number of nitriles is 2. The van der Waals surface area contributed by atoms with Crippen LogP contribution in [0.3, 0.4) is 0 Å². The van der Waals surface area contributed by atoms with Crippen LogP contribution in [0.1, 0.15) is 21.6 Å². The SMILES string of the molecule is CN.COP(=O)(c1cc(C#N)cc(C#N)c1)c1c(C=O)[nH]c2ccc(Cl)cc12. The Kier molecular flexibility index (Phi) is 6.75. The molecule has 1 atom stereocenters. The molecule has 28 heavy (non-hydrogen) atoms. The third-order valence-electron chi connectivity index (χ3n) is 3.95. The molecule has 9 heteroatoms. The van der Waals surface area contributed by atoms with Crippen molar-refractivity contribution in [3.63, 3.8) is 0 Å². The summed E-state index contributed by atoms with van der Waals surface area (Å²) in [5, 5.41) is 19.6. The van der Waals surface area contributed by atoms with Crippen molar-refractivity contribution in [1.82, 2.24) is 4.98 Å². The molecule has 0 amide bonds. The van der Waals surface area contributed by atoms with Crippen LogP contribution < -0.4 is 16.3 Å². The van der Waals surface area contributed by atoms with E-state index in [-0.39, 0.29) is 27.4 Å². The maximum absolute atomic E-state index is 13.8. The van der Waals surface area contributed by atoms with Gasteiger partial charge in [0.25, 0.3) is 7.37 Å². The molecular formula is C19H16ClN4O3P. The van der Waals surface area contributed by atoms with Gasteiger partial charge in [-0.15, -0.1) is 0 Å². The normalized spacial score (nSPS) is 12.2. The summed E-state index contributed by atoms with van der Waals surface area (Å²) in [6.45, 7) is 0. The van der Waals surface area contributed by atoms with Crippen LogP contribution in [0.15, 0.2) is 36.4 Å². The second-order valence-electron chi connectivity index (χ2n) is 5.42. The monoisotopic (exact) mass is 414 g/mol. The minimum Gasteiger partial charge on any atom is -0.352 e. The zero-order valence-electron chi connectivity index (χ0n) is 15.1. The fraction of sp³-hybridized carbons (Fsp3) is 0.105. The summed E-state index contributed by atoms with van der Waals surface area (Å²) in [5.74, 6) is 0. The van der Waals surface area contributed by atoms with Gasteiger partial charge in [-0.3, -0.25) is 9.36 Å². The molecule has 0 saturated heterocycles. The molecule has 0 spiro atoms. The molecule has 1 aromatic heterocycles. The number of carbonyl (C=O) groups is 1. The molecule has 0 fully saturated rings. The Morgan fingerprint density at radius 1 is 1.14 bits per heavy atom. The van der Waals surface area contributed by atoms with E-state index in [2.05, 4.69) is 10.7 Å². The summed E-state index contributed by atoms with van der Waals surface area (Å²) in [6.07, 6.45) is 0.550. The number of aromatic amines is 1. The minimum absolute atomic E-state index is 0.0910. The van der Waals surface area contributed by atoms with E-state index in [4.69, 9.17) is 16.1 Å². The van der Waals surface area contributed by atoms with E-state index < -0.39 is 7.37 Å². The largest absolute Gasteiger partial charge is 0.352 e. The molecule has 142 valence electrons. The average molecular weight is 415 g/mol. The summed E-state index contributed by atoms with van der Waals surface area (Å²) in [7, 11) is -1.03. The maximum Gasteiger partial charge on any atom is 0.263 e. The predicted octanol–water partition coefficient (Wildman–Crippen LogP) is 2.83. The van der Waals surface area contributed by atoms with Gasteiger partial charge in [-0.1, -0.05) is 11.6 Å². The Bertz CT molecular complexity index is 1140. The lowest BCUT2D eigenvalue weighted by Gasteiger charge is -2.17. The number of nitrogens with zero attached hydrogens (tertiary/aromatic N) is 2. The standard InChI is InChI=1S/C18H11ClN3O3P.CH5N/c1-25-26(24,14-5-11(8-20)4-12(6-14)9-21)18-15-7-13(19)2-3-16(15)22-17(18)10-23;1-2/h2-7,10,22H,1H3;2H2,1H3. The van der Waals surface area contributed by atoms with Crippen LogP contribution in [0.4, 0.5) is 0 Å². The lowest BCUT2D eigenvalue weighted by atomic mass is 10.1. The predicted molar refractivity (Wildman–Crippen MR) is 109 cm³/mol. The number of benzene rings is 2. The van der Waals surface area contributed by atoms with Gasteiger partial charge in [0.1, 0.15) is 0 Å². The summed E-state index contributed by atoms with van der Waals surface area (Å²) in [6, 6.07) is 12.9. The van der Waals surface area contributed by atoms with E-state index in [1.54, 1.807) is 18.2 Å². The molecule has 3 rings (SSSR count). The van der Waals surface area contributed by atoms with Gasteiger partial charge in [0, 0.05) is 28.3 Å². The van der Waals surface area contributed by atoms with E-state index in [0.717, 1.165) is 0 Å². The summed E-state index contributed by atoms with van der Waals surface area (Å²) < 4.78 is 19.2. The lowest BCUT2D eigenvalue weighted by Crippen LogP contribution is -2.20. The van der Waals surface area contributed by atoms with E-state index in [1.165, 1.54) is 32.4 Å². The highest BCUT2D eigenvalue weighted by Crippen LogP contribution is 2.47. The van der Waals surface area contributed by atoms with Crippen LogP contribution in [0, 0.1) is 22.7 Å². The first kappa shape index (κ1) is 21.4. The Labute approximate surface area is 166 Å². The van der Waals surface area contributed by atoms with Crippen molar-refractivity contribution in [2.45, 2.75) is 0 Å². The number of rotatable bonds is 4. The fourth-order valence-electron chi connectivity index (χ4n) is 2.81. The second-order valence-corrected chi connectivity index (χ2v) is 8.29. The van der Waals surface area contributed by atoms with Gasteiger partial charge in [0.2, 0.25) is 0 Å². The van der Waals surface area contributed by atoms with Crippen LogP contribution in [-0.2, 0) is 9.09 Å². The van der Waals surface area contributed by atoms with Gasteiger partial charge < -0.3 is 15.2 Å². The van der Waals surface area contributed by atoms with Gasteiger partial charge >= 0.3 is 0 Å². The number of hydrogen-bond donors (Lipinski definition) is 2. The van der Waals surface area contributed by atoms with E-state index >= 15 is 0 Å². The van der Waals surface area contributed by atoms with Crippen LogP contribution in [0.2, 0.25) is 5.02 Å². The lowest BCUT2D eigenvalue weighted by molar-refractivity contribution is 0.112. The van der Waals surface area contributed by atoms with Crippen molar-refractivity contribution in [3.8, 4) is 12.1 Å². The van der Waals surface area contributed by atoms with Crippen molar-refractivity contribution in [3.05, 3.63) is 58.2 Å². The molecule has 3 N–H and O–H groups in total. The fourth-order valence-corrected chi connectivity index (χ4v) is 5.18. The van der Waals surface area contributed by atoms with Crippen LogP contribution in [-0.4, -0.2) is 25.4 Å². The summed E-state index contributed by atoms with van der Waals surface area (Å²) in [5.41, 5.74) is 5.50. The molecule has 0 aliphatic carbocycles. The van der Waals surface area contributed by atoms with E-state index in [1.807, 2.05) is 12.1 Å². The van der Waals surface area contributed by atoms with Crippen LogP contribution in [0.25, 0.3) is 10.9 Å². The zero-order chi connectivity index (χ0) is 20.9. The first-order valence-corrected chi connectivity index (χ1v) is 9.93. The molecule has 3 aromatic rings. The molecule has 2 aromatic carbocycles. The van der Waals surface area contributed by atoms with E-state index in [9.17, 15) is 19.9 Å². The quantitative estimate of drug-likeness (QED) is 0.498. The first-order valence-electron chi connectivity index (χ1n) is 7.93. The number of aromatic nitrogens is 1. The number of carbonyl (C=O) groups excluding carboxylic acids is 1. The number of nitrogens with two attached hydrogens (primary N) is 1. The van der Waals surface area contributed by atoms with Gasteiger partial charge in [-0.05, 0) is 43.4 Å². The number of nitrogens with one attached hydrogen (secondary N) is 1. The molecular weight excluding hydrogens is 399 g/mol. The van der Waals surface area contributed by atoms with Crippen LogP contribution in [0.5, 0.6) is 0 Å². The highest BCUT2D eigenvalue weighted by Gasteiger charge is 2.34. The van der Waals surface area contributed by atoms with Crippen molar-refractivity contribution < 1.29 is 13.9 Å². The first-order chi connectivity index (χ1) is 13.5. The molecule has 7 nitrogen and oxygen atoms in total. The highest BCUT2D eigenvalue weighted by molar-refractivity contribution is 7.75. The molecule has 1 unspecified atom stereocenters. The Balaban J connectivity index is 0.00000136. The van der Waals surface area contributed by atoms with Gasteiger partial charge in [-0.2, -0.15) is 10.5 Å². The molecule has 0 radical (unpaired) electrons.